The van der Waals surface area contributed by atoms with E-state index in [9.17, 15) is 4.79 Å². The minimum absolute atomic E-state index is 0.196. The fourth-order valence-corrected chi connectivity index (χ4v) is 4.57. The van der Waals surface area contributed by atoms with Crippen LogP contribution in [0.5, 0.6) is 5.75 Å². The molecule has 4 rings (SSSR count). The lowest BCUT2D eigenvalue weighted by atomic mass is 9.98. The number of hydrogen-bond donors (Lipinski definition) is 0. The number of nitrogens with zero attached hydrogens (tertiary/aromatic N) is 2. The highest BCUT2D eigenvalue weighted by Crippen LogP contribution is 2.37. The summed E-state index contributed by atoms with van der Waals surface area (Å²) in [4.78, 5) is 18.9. The number of thiophene rings is 1. The molecule has 2 fully saturated rings. The number of piperidine rings is 1. The summed E-state index contributed by atoms with van der Waals surface area (Å²) in [6.45, 7) is 0. The Morgan fingerprint density at radius 1 is 1.30 bits per heavy atom. The fraction of sp³-hybridized carbons (Fsp3) is 0.444. The zero-order valence-electron chi connectivity index (χ0n) is 12.9. The minimum atomic E-state index is 0.196. The number of amides is 1. The van der Waals surface area contributed by atoms with Gasteiger partial charge in [0, 0.05) is 31.1 Å². The smallest absolute Gasteiger partial charge is 0.227 e. The van der Waals surface area contributed by atoms with Gasteiger partial charge in [0.25, 0.3) is 0 Å². The van der Waals surface area contributed by atoms with Crippen molar-refractivity contribution in [3.8, 4) is 5.75 Å². The Morgan fingerprint density at radius 3 is 2.78 bits per heavy atom. The zero-order chi connectivity index (χ0) is 15.6. The Kier molecular flexibility index (Phi) is 4.04. The lowest BCUT2D eigenvalue weighted by Gasteiger charge is -2.39. The third-order valence-corrected chi connectivity index (χ3v) is 5.58. The molecule has 23 heavy (non-hydrogen) atoms. The average molecular weight is 328 g/mol. The number of rotatable bonds is 4. The monoisotopic (exact) mass is 328 g/mol. The summed E-state index contributed by atoms with van der Waals surface area (Å²) in [5, 5.41) is 4.10. The summed E-state index contributed by atoms with van der Waals surface area (Å²) < 4.78 is 6.07. The molecule has 2 bridgehead atoms. The molecule has 4 nitrogen and oxygen atoms in total. The van der Waals surface area contributed by atoms with Crippen molar-refractivity contribution in [3.63, 3.8) is 0 Å². The first-order valence-corrected chi connectivity index (χ1v) is 9.13. The first kappa shape index (κ1) is 14.7. The molecule has 5 heteroatoms. The maximum absolute atomic E-state index is 12.7. The van der Waals surface area contributed by atoms with Gasteiger partial charge in [-0.2, -0.15) is 11.3 Å². The number of hydrogen-bond acceptors (Lipinski definition) is 4. The molecular formula is C18H20N2O2S. The minimum Gasteiger partial charge on any atom is -0.489 e. The molecule has 2 aliphatic heterocycles. The summed E-state index contributed by atoms with van der Waals surface area (Å²) in [6, 6.07) is 6.55. The van der Waals surface area contributed by atoms with Crippen LogP contribution >= 0.6 is 11.3 Å². The topological polar surface area (TPSA) is 42.4 Å². The van der Waals surface area contributed by atoms with E-state index < -0.39 is 0 Å². The lowest BCUT2D eigenvalue weighted by Crippen LogP contribution is -2.49. The Morgan fingerprint density at radius 2 is 2.13 bits per heavy atom. The number of aromatic nitrogens is 1. The van der Waals surface area contributed by atoms with Crippen molar-refractivity contribution in [1.29, 1.82) is 0 Å². The number of carbonyl (C=O) groups is 1. The summed E-state index contributed by atoms with van der Waals surface area (Å²) in [7, 11) is 0. The van der Waals surface area contributed by atoms with Gasteiger partial charge in [-0.1, -0.05) is 0 Å². The van der Waals surface area contributed by atoms with Crippen molar-refractivity contribution in [3.05, 3.63) is 46.9 Å². The van der Waals surface area contributed by atoms with Gasteiger partial charge in [0.05, 0.1) is 12.6 Å². The molecule has 2 atom stereocenters. The van der Waals surface area contributed by atoms with Gasteiger partial charge in [0.15, 0.2) is 0 Å². The Balaban J connectivity index is 1.41. The van der Waals surface area contributed by atoms with Gasteiger partial charge in [-0.05, 0) is 47.4 Å². The van der Waals surface area contributed by atoms with Crippen LogP contribution in [-0.4, -0.2) is 34.0 Å². The molecule has 1 amide bonds. The van der Waals surface area contributed by atoms with Gasteiger partial charge < -0.3 is 9.64 Å². The molecule has 0 aromatic carbocycles. The number of ether oxygens (including phenoxy) is 1. The molecule has 2 aliphatic rings. The highest BCUT2D eigenvalue weighted by atomic mass is 32.1. The molecule has 0 aliphatic carbocycles. The third-order valence-electron chi connectivity index (χ3n) is 4.85. The van der Waals surface area contributed by atoms with Crippen molar-refractivity contribution in [1.82, 2.24) is 9.88 Å². The fourth-order valence-electron chi connectivity index (χ4n) is 3.90. The second-order valence-corrected chi connectivity index (χ2v) is 7.17. The van der Waals surface area contributed by atoms with Gasteiger partial charge in [0.2, 0.25) is 5.91 Å². The third kappa shape index (κ3) is 3.11. The lowest BCUT2D eigenvalue weighted by molar-refractivity contribution is -0.136. The van der Waals surface area contributed by atoms with Crippen LogP contribution in [0.25, 0.3) is 0 Å². The molecule has 0 saturated carbocycles. The maximum atomic E-state index is 12.7. The van der Waals surface area contributed by atoms with Gasteiger partial charge in [0.1, 0.15) is 11.9 Å². The molecule has 2 aromatic heterocycles. The van der Waals surface area contributed by atoms with Crippen molar-refractivity contribution < 1.29 is 9.53 Å². The van der Waals surface area contributed by atoms with Crippen LogP contribution in [0, 0.1) is 0 Å². The molecule has 0 spiro atoms. The van der Waals surface area contributed by atoms with Crippen molar-refractivity contribution in [2.24, 2.45) is 0 Å². The molecular weight excluding hydrogens is 308 g/mol. The van der Waals surface area contributed by atoms with Crippen LogP contribution in [0.2, 0.25) is 0 Å². The summed E-state index contributed by atoms with van der Waals surface area (Å²) in [6.07, 6.45) is 8.31. The molecule has 2 aromatic rings. The number of pyridine rings is 1. The number of fused-ring (bicyclic) bond motifs is 2. The largest absolute Gasteiger partial charge is 0.489 e. The van der Waals surface area contributed by atoms with E-state index in [1.54, 1.807) is 23.7 Å². The van der Waals surface area contributed by atoms with Gasteiger partial charge in [-0.15, -0.1) is 0 Å². The predicted octanol–water partition coefficient (Wildman–Crippen LogP) is 3.29. The van der Waals surface area contributed by atoms with E-state index in [0.717, 1.165) is 37.0 Å². The van der Waals surface area contributed by atoms with Crippen LogP contribution in [0.1, 0.15) is 31.2 Å². The quantitative estimate of drug-likeness (QED) is 0.865. The van der Waals surface area contributed by atoms with Crippen molar-refractivity contribution in [2.75, 3.05) is 0 Å². The molecule has 4 heterocycles. The van der Waals surface area contributed by atoms with E-state index in [1.165, 1.54) is 0 Å². The normalized spacial score (nSPS) is 26.3. The molecule has 2 saturated heterocycles. The van der Waals surface area contributed by atoms with Crippen molar-refractivity contribution >= 4 is 17.2 Å². The SMILES string of the molecule is O=C(Cc1ccsc1)N1[C@H]2CC[C@H]1CC(Oc1cccnc1)C2. The Hall–Kier alpha value is -1.88. The second kappa shape index (κ2) is 6.32. The molecule has 0 unspecified atom stereocenters. The van der Waals surface area contributed by atoms with Crippen LogP contribution in [0.15, 0.2) is 41.4 Å². The standard InChI is InChI=1S/C18H20N2O2S/c21-18(8-13-5-7-23-12-13)20-14-3-4-15(20)10-17(9-14)22-16-2-1-6-19-11-16/h1-2,5-7,11-12,14-15,17H,3-4,8-10H2/t14-,15-/m0/s1. The summed E-state index contributed by atoms with van der Waals surface area (Å²) in [5.74, 6) is 1.10. The predicted molar refractivity (Wildman–Crippen MR) is 89.6 cm³/mol. The van der Waals surface area contributed by atoms with E-state index in [4.69, 9.17) is 4.74 Å². The van der Waals surface area contributed by atoms with E-state index in [1.807, 2.05) is 23.6 Å². The van der Waals surface area contributed by atoms with E-state index in [-0.39, 0.29) is 12.0 Å². The maximum Gasteiger partial charge on any atom is 0.227 e. The highest BCUT2D eigenvalue weighted by molar-refractivity contribution is 7.08. The van der Waals surface area contributed by atoms with E-state index in [2.05, 4.69) is 15.3 Å². The Bertz CT molecular complexity index is 645. The van der Waals surface area contributed by atoms with Crippen LogP contribution in [-0.2, 0) is 11.2 Å². The summed E-state index contributed by atoms with van der Waals surface area (Å²) in [5.41, 5.74) is 1.13. The van der Waals surface area contributed by atoms with Crippen LogP contribution < -0.4 is 4.74 Å². The first-order valence-electron chi connectivity index (χ1n) is 8.18. The summed E-state index contributed by atoms with van der Waals surface area (Å²) >= 11 is 1.65. The highest BCUT2D eigenvalue weighted by Gasteiger charge is 2.43. The van der Waals surface area contributed by atoms with Gasteiger partial charge in [-0.25, -0.2) is 0 Å². The van der Waals surface area contributed by atoms with Crippen LogP contribution in [0.4, 0.5) is 0 Å². The van der Waals surface area contributed by atoms with Crippen LogP contribution in [0.3, 0.4) is 0 Å². The zero-order valence-corrected chi connectivity index (χ0v) is 13.7. The Labute approximate surface area is 140 Å². The van der Waals surface area contributed by atoms with Gasteiger partial charge in [-0.3, -0.25) is 9.78 Å². The first-order chi connectivity index (χ1) is 11.3. The average Bonchev–Trinajstić information content (AvgIpc) is 3.15. The molecule has 0 N–H and O–H groups in total. The second-order valence-electron chi connectivity index (χ2n) is 6.39. The van der Waals surface area contributed by atoms with Gasteiger partial charge >= 0.3 is 0 Å². The molecule has 0 radical (unpaired) electrons. The molecule has 120 valence electrons. The number of carbonyl (C=O) groups excluding carboxylic acids is 1. The van der Waals surface area contributed by atoms with E-state index >= 15 is 0 Å². The van der Waals surface area contributed by atoms with Crippen molar-refractivity contribution in [2.45, 2.75) is 50.3 Å². The van der Waals surface area contributed by atoms with E-state index in [0.29, 0.717) is 18.5 Å².